The molecule has 1 aromatic heterocycles. The summed E-state index contributed by atoms with van der Waals surface area (Å²) in [6, 6.07) is 0. The fraction of sp³-hybridized carbons (Fsp3) is 0.667. The standard InChI is InChI=1S/C12H22N4OS.HI/c1-4-13-12(14-6-7-17-5-2)16-9-11-15-8-10(3)18-11;/h8H,4-7,9H2,1-3H3,(H2,13,14,16);1H. The molecule has 19 heavy (non-hydrogen) atoms. The van der Waals surface area contributed by atoms with E-state index in [2.05, 4.69) is 27.5 Å². The highest BCUT2D eigenvalue weighted by Crippen LogP contribution is 2.11. The molecule has 0 fully saturated rings. The van der Waals surface area contributed by atoms with E-state index in [1.165, 1.54) is 4.88 Å². The van der Waals surface area contributed by atoms with Gasteiger partial charge in [-0.15, -0.1) is 35.3 Å². The molecule has 0 atom stereocenters. The molecule has 0 amide bonds. The molecule has 0 bridgehead atoms. The monoisotopic (exact) mass is 398 g/mol. The molecule has 0 saturated carbocycles. The molecule has 1 aromatic rings. The Balaban J connectivity index is 0.00000324. The highest BCUT2D eigenvalue weighted by molar-refractivity contribution is 14.0. The van der Waals surface area contributed by atoms with E-state index in [4.69, 9.17) is 4.74 Å². The third-order valence-electron chi connectivity index (χ3n) is 2.13. The number of nitrogens with zero attached hydrogens (tertiary/aromatic N) is 2. The first-order chi connectivity index (χ1) is 8.76. The first-order valence-corrected chi connectivity index (χ1v) is 7.09. The van der Waals surface area contributed by atoms with Crippen LogP contribution in [0.3, 0.4) is 0 Å². The average molecular weight is 398 g/mol. The van der Waals surface area contributed by atoms with Crippen LogP contribution in [-0.4, -0.2) is 37.2 Å². The molecule has 1 rings (SSSR count). The van der Waals surface area contributed by atoms with Gasteiger partial charge in [0, 0.05) is 30.8 Å². The molecule has 0 aliphatic carbocycles. The molecule has 2 N–H and O–H groups in total. The van der Waals surface area contributed by atoms with Crippen LogP contribution in [0.1, 0.15) is 23.7 Å². The van der Waals surface area contributed by atoms with Crippen molar-refractivity contribution in [2.75, 3.05) is 26.3 Å². The summed E-state index contributed by atoms with van der Waals surface area (Å²) in [6.45, 7) is 9.75. The summed E-state index contributed by atoms with van der Waals surface area (Å²) in [5.41, 5.74) is 0. The fourth-order valence-electron chi connectivity index (χ4n) is 1.35. The molecular formula is C12H23IN4OS. The molecule has 0 aromatic carbocycles. The number of aliphatic imine (C=N–C) groups is 1. The van der Waals surface area contributed by atoms with Crippen molar-refractivity contribution in [1.82, 2.24) is 15.6 Å². The van der Waals surface area contributed by atoms with Gasteiger partial charge < -0.3 is 15.4 Å². The number of guanidine groups is 1. The van der Waals surface area contributed by atoms with Crippen LogP contribution in [0, 0.1) is 6.92 Å². The molecular weight excluding hydrogens is 375 g/mol. The lowest BCUT2D eigenvalue weighted by Crippen LogP contribution is -2.38. The molecule has 1 heterocycles. The second kappa shape index (κ2) is 11.4. The van der Waals surface area contributed by atoms with Gasteiger partial charge in [-0.3, -0.25) is 0 Å². The number of hydrogen-bond donors (Lipinski definition) is 2. The van der Waals surface area contributed by atoms with Gasteiger partial charge in [-0.05, 0) is 20.8 Å². The Labute approximate surface area is 136 Å². The third-order valence-corrected chi connectivity index (χ3v) is 3.03. The van der Waals surface area contributed by atoms with E-state index < -0.39 is 0 Å². The van der Waals surface area contributed by atoms with Gasteiger partial charge in [0.25, 0.3) is 0 Å². The summed E-state index contributed by atoms with van der Waals surface area (Å²) in [4.78, 5) is 9.99. The van der Waals surface area contributed by atoms with Gasteiger partial charge in [-0.25, -0.2) is 9.98 Å². The van der Waals surface area contributed by atoms with Crippen LogP contribution in [0.5, 0.6) is 0 Å². The SMILES string of the molecule is CCNC(=NCc1ncc(C)s1)NCCOCC.I. The first kappa shape index (κ1) is 18.6. The van der Waals surface area contributed by atoms with Crippen molar-refractivity contribution in [3.8, 4) is 0 Å². The van der Waals surface area contributed by atoms with Crippen molar-refractivity contribution in [1.29, 1.82) is 0 Å². The molecule has 5 nitrogen and oxygen atoms in total. The normalized spacial score (nSPS) is 11.0. The lowest BCUT2D eigenvalue weighted by molar-refractivity contribution is 0.152. The number of rotatable bonds is 7. The van der Waals surface area contributed by atoms with E-state index >= 15 is 0 Å². The molecule has 7 heteroatoms. The number of nitrogens with one attached hydrogen (secondary N) is 2. The number of halogens is 1. The summed E-state index contributed by atoms with van der Waals surface area (Å²) in [7, 11) is 0. The molecule has 0 aliphatic rings. The third kappa shape index (κ3) is 8.38. The lowest BCUT2D eigenvalue weighted by Gasteiger charge is -2.10. The van der Waals surface area contributed by atoms with E-state index in [-0.39, 0.29) is 24.0 Å². The highest BCUT2D eigenvalue weighted by Gasteiger charge is 1.99. The largest absolute Gasteiger partial charge is 0.380 e. The molecule has 0 radical (unpaired) electrons. The summed E-state index contributed by atoms with van der Waals surface area (Å²) >= 11 is 1.68. The minimum Gasteiger partial charge on any atom is -0.380 e. The molecule has 0 spiro atoms. The van der Waals surface area contributed by atoms with Crippen LogP contribution in [0.15, 0.2) is 11.2 Å². The quantitative estimate of drug-likeness (QED) is 0.320. The van der Waals surface area contributed by atoms with Gasteiger partial charge in [0.1, 0.15) is 5.01 Å². The zero-order valence-corrected chi connectivity index (χ0v) is 14.9. The number of ether oxygens (including phenoxy) is 1. The van der Waals surface area contributed by atoms with Crippen molar-refractivity contribution in [3.05, 3.63) is 16.1 Å². The zero-order valence-electron chi connectivity index (χ0n) is 11.7. The number of thiazole rings is 1. The van der Waals surface area contributed by atoms with Crippen LogP contribution in [-0.2, 0) is 11.3 Å². The predicted octanol–water partition coefficient (Wildman–Crippen LogP) is 2.16. The highest BCUT2D eigenvalue weighted by atomic mass is 127. The number of aromatic nitrogens is 1. The van der Waals surface area contributed by atoms with E-state index in [9.17, 15) is 0 Å². The van der Waals surface area contributed by atoms with E-state index in [0.29, 0.717) is 13.2 Å². The van der Waals surface area contributed by atoms with Crippen molar-refractivity contribution >= 4 is 41.3 Å². The van der Waals surface area contributed by atoms with E-state index in [1.807, 2.05) is 20.0 Å². The second-order valence-corrected chi connectivity index (χ2v) is 5.00. The van der Waals surface area contributed by atoms with Gasteiger partial charge >= 0.3 is 0 Å². The second-order valence-electron chi connectivity index (χ2n) is 3.68. The lowest BCUT2D eigenvalue weighted by atomic mass is 10.6. The van der Waals surface area contributed by atoms with Crippen molar-refractivity contribution < 1.29 is 4.74 Å². The Kier molecular flexibility index (Phi) is 11.2. The van der Waals surface area contributed by atoms with E-state index in [1.54, 1.807) is 11.3 Å². The Hall–Kier alpha value is -0.410. The summed E-state index contributed by atoms with van der Waals surface area (Å²) in [6.07, 6.45) is 1.88. The topological polar surface area (TPSA) is 58.5 Å². The minimum absolute atomic E-state index is 0. The molecule has 0 saturated heterocycles. The Morgan fingerprint density at radius 3 is 2.79 bits per heavy atom. The smallest absolute Gasteiger partial charge is 0.191 e. The van der Waals surface area contributed by atoms with E-state index in [0.717, 1.165) is 30.7 Å². The fourth-order valence-corrected chi connectivity index (χ4v) is 2.06. The average Bonchev–Trinajstić information content (AvgIpc) is 2.77. The zero-order chi connectivity index (χ0) is 13.2. The minimum atomic E-state index is 0. The maximum absolute atomic E-state index is 5.27. The van der Waals surface area contributed by atoms with Gasteiger partial charge in [0.15, 0.2) is 5.96 Å². The predicted molar refractivity (Wildman–Crippen MR) is 91.6 cm³/mol. The van der Waals surface area contributed by atoms with Crippen LogP contribution in [0.2, 0.25) is 0 Å². The number of aryl methyl sites for hydroxylation is 1. The number of hydrogen-bond acceptors (Lipinski definition) is 4. The molecule has 0 aliphatic heterocycles. The van der Waals surface area contributed by atoms with Crippen molar-refractivity contribution in [3.63, 3.8) is 0 Å². The summed E-state index contributed by atoms with van der Waals surface area (Å²) < 4.78 is 5.27. The maximum atomic E-state index is 5.27. The first-order valence-electron chi connectivity index (χ1n) is 6.27. The van der Waals surface area contributed by atoms with Gasteiger partial charge in [-0.1, -0.05) is 0 Å². The summed E-state index contributed by atoms with van der Waals surface area (Å²) in [5, 5.41) is 7.46. The van der Waals surface area contributed by atoms with Gasteiger partial charge in [0.05, 0.1) is 13.2 Å². The van der Waals surface area contributed by atoms with Crippen LogP contribution in [0.4, 0.5) is 0 Å². The van der Waals surface area contributed by atoms with Gasteiger partial charge in [-0.2, -0.15) is 0 Å². The van der Waals surface area contributed by atoms with Crippen molar-refractivity contribution in [2.24, 2.45) is 4.99 Å². The Morgan fingerprint density at radius 1 is 1.42 bits per heavy atom. The van der Waals surface area contributed by atoms with Crippen LogP contribution in [0.25, 0.3) is 0 Å². The van der Waals surface area contributed by atoms with Crippen LogP contribution < -0.4 is 10.6 Å². The van der Waals surface area contributed by atoms with Crippen LogP contribution >= 0.6 is 35.3 Å². The molecule has 0 unspecified atom stereocenters. The van der Waals surface area contributed by atoms with Gasteiger partial charge in [0.2, 0.25) is 0 Å². The molecule has 110 valence electrons. The summed E-state index contributed by atoms with van der Waals surface area (Å²) in [5.74, 6) is 0.810. The maximum Gasteiger partial charge on any atom is 0.191 e. The van der Waals surface area contributed by atoms with Crippen molar-refractivity contribution in [2.45, 2.75) is 27.3 Å². The Morgan fingerprint density at radius 2 is 2.21 bits per heavy atom. The Bertz CT molecular complexity index is 370.